The minimum Gasteiger partial charge on any atom is -0.490 e. The van der Waals surface area contributed by atoms with E-state index >= 15 is 0 Å². The van der Waals surface area contributed by atoms with E-state index in [4.69, 9.17) is 9.47 Å². The fourth-order valence-electron chi connectivity index (χ4n) is 7.77. The van der Waals surface area contributed by atoms with Crippen LogP contribution in [0.25, 0.3) is 0 Å². The SMILES string of the molecule is CC#C[C@]1(O)CC[C@H]2[C@@H]3CCC4=CC(=O)CCC4=C3[C@@H](c3ccc4c(c3)OCCCO4)C[C@@]21C. The third-order valence-corrected chi connectivity index (χ3v) is 9.39. The van der Waals surface area contributed by atoms with Gasteiger partial charge < -0.3 is 14.6 Å². The molecule has 1 heterocycles. The molecule has 6 rings (SSSR count). The van der Waals surface area contributed by atoms with E-state index in [9.17, 15) is 9.90 Å². The van der Waals surface area contributed by atoms with Crippen molar-refractivity contribution in [2.75, 3.05) is 13.2 Å². The Morgan fingerprint density at radius 2 is 1.91 bits per heavy atom. The Morgan fingerprint density at radius 1 is 1.09 bits per heavy atom. The van der Waals surface area contributed by atoms with Gasteiger partial charge in [0.15, 0.2) is 17.3 Å². The second kappa shape index (κ2) is 8.02. The zero-order valence-corrected chi connectivity index (χ0v) is 20.3. The summed E-state index contributed by atoms with van der Waals surface area (Å²) in [5.41, 5.74) is 4.21. The highest BCUT2D eigenvalue weighted by atomic mass is 16.5. The first kappa shape index (κ1) is 22.0. The van der Waals surface area contributed by atoms with Crippen molar-refractivity contribution in [1.82, 2.24) is 0 Å². The Kier molecular flexibility index (Phi) is 5.19. The van der Waals surface area contributed by atoms with Crippen LogP contribution in [0.4, 0.5) is 0 Å². The zero-order chi connectivity index (χ0) is 23.5. The van der Waals surface area contributed by atoms with Gasteiger partial charge in [-0.3, -0.25) is 4.79 Å². The molecule has 1 N–H and O–H groups in total. The highest BCUT2D eigenvalue weighted by molar-refractivity contribution is 5.93. The van der Waals surface area contributed by atoms with E-state index in [1.807, 2.05) is 13.0 Å². The number of ether oxygens (including phenoxy) is 2. The van der Waals surface area contributed by atoms with Crippen molar-refractivity contribution in [2.24, 2.45) is 17.3 Å². The van der Waals surface area contributed by atoms with Gasteiger partial charge in [-0.1, -0.05) is 24.5 Å². The molecule has 1 aliphatic heterocycles. The number of carbonyl (C=O) groups excluding carboxylic acids is 1. The molecule has 0 aromatic heterocycles. The third-order valence-electron chi connectivity index (χ3n) is 9.39. The molecule has 1 aromatic carbocycles. The van der Waals surface area contributed by atoms with Crippen molar-refractivity contribution in [1.29, 1.82) is 0 Å². The molecular formula is C30H34O4. The molecule has 4 nitrogen and oxygen atoms in total. The number of rotatable bonds is 1. The van der Waals surface area contributed by atoms with E-state index in [-0.39, 0.29) is 17.1 Å². The average Bonchev–Trinajstić information content (AvgIpc) is 2.97. The van der Waals surface area contributed by atoms with E-state index in [2.05, 4.69) is 37.0 Å². The van der Waals surface area contributed by atoms with Crippen LogP contribution in [0.15, 0.2) is 41.0 Å². The normalized spacial score (nSPS) is 36.4. The Balaban J connectivity index is 1.52. The van der Waals surface area contributed by atoms with Crippen LogP contribution < -0.4 is 9.47 Å². The minimum absolute atomic E-state index is 0.179. The molecule has 2 saturated carbocycles. The monoisotopic (exact) mass is 458 g/mol. The number of allylic oxidation sites excluding steroid dienone is 4. The predicted molar refractivity (Wildman–Crippen MR) is 131 cm³/mol. The van der Waals surface area contributed by atoms with Crippen LogP contribution in [0.3, 0.4) is 0 Å². The molecule has 0 unspecified atom stereocenters. The molecule has 0 bridgehead atoms. The van der Waals surface area contributed by atoms with Crippen molar-refractivity contribution >= 4 is 5.78 Å². The van der Waals surface area contributed by atoms with E-state index in [0.29, 0.717) is 31.5 Å². The lowest BCUT2D eigenvalue weighted by atomic mass is 9.51. The molecule has 1 aromatic rings. The Labute approximate surface area is 202 Å². The van der Waals surface area contributed by atoms with Crippen LogP contribution in [-0.4, -0.2) is 29.7 Å². The molecule has 178 valence electrons. The molecule has 0 saturated heterocycles. The summed E-state index contributed by atoms with van der Waals surface area (Å²) in [5, 5.41) is 11.8. The van der Waals surface area contributed by atoms with Crippen molar-refractivity contribution in [3.63, 3.8) is 0 Å². The lowest BCUT2D eigenvalue weighted by Crippen LogP contribution is -2.51. The molecule has 5 atom stereocenters. The summed E-state index contributed by atoms with van der Waals surface area (Å²) < 4.78 is 12.0. The van der Waals surface area contributed by atoms with E-state index in [1.165, 1.54) is 22.3 Å². The summed E-state index contributed by atoms with van der Waals surface area (Å²) in [6.45, 7) is 5.46. The zero-order valence-electron chi connectivity index (χ0n) is 20.3. The first-order chi connectivity index (χ1) is 16.4. The molecule has 4 aliphatic carbocycles. The topological polar surface area (TPSA) is 55.8 Å². The van der Waals surface area contributed by atoms with E-state index in [0.717, 1.165) is 56.4 Å². The van der Waals surface area contributed by atoms with Crippen LogP contribution in [0.2, 0.25) is 0 Å². The maximum atomic E-state index is 12.2. The Hall–Kier alpha value is -2.51. The standard InChI is InChI=1S/C30H34O4/c1-3-12-30(32)13-11-25-23-8-5-19-16-21(31)7-9-22(19)28(23)24(18-29(25,30)2)20-6-10-26-27(17-20)34-15-4-14-33-26/h6,10,16-17,23-25,32H,4-5,7-9,11,13-15,18H2,1-2H3/t23-,24+,25-,29-,30-/m0/s1. The van der Waals surface area contributed by atoms with Crippen LogP contribution >= 0.6 is 0 Å². The van der Waals surface area contributed by atoms with Crippen molar-refractivity contribution < 1.29 is 19.4 Å². The van der Waals surface area contributed by atoms with Gasteiger partial charge in [0.2, 0.25) is 0 Å². The first-order valence-corrected chi connectivity index (χ1v) is 13.0. The lowest BCUT2D eigenvalue weighted by molar-refractivity contribution is -0.114. The van der Waals surface area contributed by atoms with Gasteiger partial charge in [-0.05, 0) is 92.2 Å². The van der Waals surface area contributed by atoms with Gasteiger partial charge in [0.1, 0.15) is 5.60 Å². The number of ketones is 1. The van der Waals surface area contributed by atoms with Gasteiger partial charge in [0.25, 0.3) is 0 Å². The van der Waals surface area contributed by atoms with Crippen LogP contribution in [0.1, 0.15) is 76.7 Å². The largest absolute Gasteiger partial charge is 0.490 e. The molecule has 4 heteroatoms. The van der Waals surface area contributed by atoms with Gasteiger partial charge in [-0.25, -0.2) is 0 Å². The fourth-order valence-corrected chi connectivity index (χ4v) is 7.77. The highest BCUT2D eigenvalue weighted by Crippen LogP contribution is 2.66. The summed E-state index contributed by atoms with van der Waals surface area (Å²) >= 11 is 0. The molecule has 0 radical (unpaired) electrons. The number of benzene rings is 1. The number of hydrogen-bond acceptors (Lipinski definition) is 4. The minimum atomic E-state index is -0.954. The average molecular weight is 459 g/mol. The van der Waals surface area contributed by atoms with Gasteiger partial charge in [-0.15, -0.1) is 5.92 Å². The van der Waals surface area contributed by atoms with E-state index < -0.39 is 5.60 Å². The van der Waals surface area contributed by atoms with Crippen LogP contribution in [-0.2, 0) is 4.79 Å². The molecule has 0 spiro atoms. The third kappa shape index (κ3) is 3.20. The quantitative estimate of drug-likeness (QED) is 0.565. The van der Waals surface area contributed by atoms with Crippen molar-refractivity contribution in [2.45, 2.75) is 76.7 Å². The number of hydrogen-bond donors (Lipinski definition) is 1. The number of fused-ring (bicyclic) bond motifs is 5. The highest BCUT2D eigenvalue weighted by Gasteiger charge is 2.62. The number of carbonyl (C=O) groups is 1. The molecule has 34 heavy (non-hydrogen) atoms. The van der Waals surface area contributed by atoms with Gasteiger partial charge >= 0.3 is 0 Å². The Morgan fingerprint density at radius 3 is 2.74 bits per heavy atom. The summed E-state index contributed by atoms with van der Waals surface area (Å²) in [6.07, 6.45) is 8.87. The maximum Gasteiger partial charge on any atom is 0.161 e. The Bertz CT molecular complexity index is 1160. The second-order valence-corrected chi connectivity index (χ2v) is 11.0. The van der Waals surface area contributed by atoms with Crippen LogP contribution in [0.5, 0.6) is 11.5 Å². The lowest BCUT2D eigenvalue weighted by Gasteiger charge is -2.53. The maximum absolute atomic E-state index is 12.2. The second-order valence-electron chi connectivity index (χ2n) is 11.0. The summed E-state index contributed by atoms with van der Waals surface area (Å²) in [5.74, 6) is 9.20. The first-order valence-electron chi connectivity index (χ1n) is 13.0. The van der Waals surface area contributed by atoms with Gasteiger partial charge in [-0.2, -0.15) is 0 Å². The van der Waals surface area contributed by atoms with Crippen molar-refractivity contribution in [3.05, 3.63) is 46.6 Å². The molecular weight excluding hydrogens is 424 g/mol. The van der Waals surface area contributed by atoms with Crippen LogP contribution in [0, 0.1) is 29.1 Å². The van der Waals surface area contributed by atoms with Gasteiger partial charge in [0, 0.05) is 24.2 Å². The summed E-state index contributed by atoms with van der Waals surface area (Å²) in [4.78, 5) is 12.2. The molecule has 2 fully saturated rings. The molecule has 0 amide bonds. The van der Waals surface area contributed by atoms with Crippen molar-refractivity contribution in [3.8, 4) is 23.3 Å². The molecule has 5 aliphatic rings. The fraction of sp³-hybridized carbons (Fsp3) is 0.567. The summed E-state index contributed by atoms with van der Waals surface area (Å²) in [6, 6.07) is 6.42. The van der Waals surface area contributed by atoms with Gasteiger partial charge in [0.05, 0.1) is 13.2 Å². The smallest absolute Gasteiger partial charge is 0.161 e. The predicted octanol–water partition coefficient (Wildman–Crippen LogP) is 5.50. The number of aliphatic hydroxyl groups is 1. The van der Waals surface area contributed by atoms with E-state index in [1.54, 1.807) is 0 Å². The summed E-state index contributed by atoms with van der Waals surface area (Å²) in [7, 11) is 0.